The van der Waals surface area contributed by atoms with Gasteiger partial charge in [0.25, 0.3) is 0 Å². The van der Waals surface area contributed by atoms with Crippen LogP contribution in [0.15, 0.2) is 40.4 Å². The highest BCUT2D eigenvalue weighted by molar-refractivity contribution is 5.35. The summed E-state index contributed by atoms with van der Waals surface area (Å²) in [6.45, 7) is 4.07. The summed E-state index contributed by atoms with van der Waals surface area (Å²) in [5.74, 6) is 2.38. The average molecular weight is 160 g/mol. The molecule has 1 aromatic heterocycles. The maximum Gasteiger partial charge on any atom is 0.114 e. The molecule has 62 valence electrons. The molecule has 1 heteroatoms. The topological polar surface area (TPSA) is 13.1 Å². The summed E-state index contributed by atoms with van der Waals surface area (Å²) in [4.78, 5) is 0. The van der Waals surface area contributed by atoms with Crippen LogP contribution in [0.2, 0.25) is 0 Å². The van der Waals surface area contributed by atoms with E-state index < -0.39 is 0 Å². The van der Waals surface area contributed by atoms with Gasteiger partial charge in [0, 0.05) is 0 Å². The fourth-order valence-electron chi connectivity index (χ4n) is 1.46. The minimum atomic E-state index is 0.360. The van der Waals surface area contributed by atoms with Crippen molar-refractivity contribution in [2.24, 2.45) is 0 Å². The molecule has 0 saturated heterocycles. The molecule has 0 amide bonds. The Morgan fingerprint density at radius 3 is 2.58 bits per heavy atom. The zero-order valence-electron chi connectivity index (χ0n) is 7.37. The third-order valence-corrected chi connectivity index (χ3v) is 2.10. The second-order valence-corrected chi connectivity index (χ2v) is 3.24. The van der Waals surface area contributed by atoms with E-state index in [4.69, 9.17) is 4.42 Å². The maximum atomic E-state index is 5.52. The highest BCUT2D eigenvalue weighted by Gasteiger charge is 2.12. The average Bonchev–Trinajstić information content (AvgIpc) is 2.58. The van der Waals surface area contributed by atoms with Crippen LogP contribution in [-0.2, 0) is 0 Å². The van der Waals surface area contributed by atoms with E-state index in [1.165, 1.54) is 5.57 Å². The van der Waals surface area contributed by atoms with Gasteiger partial charge in [-0.3, -0.25) is 0 Å². The molecule has 1 aromatic rings. The van der Waals surface area contributed by atoms with Crippen molar-refractivity contribution in [3.8, 4) is 0 Å². The van der Waals surface area contributed by atoms with Gasteiger partial charge in [-0.1, -0.05) is 23.8 Å². The molecule has 1 heterocycles. The molecule has 0 bridgehead atoms. The smallest absolute Gasteiger partial charge is 0.114 e. The molecular weight excluding hydrogens is 148 g/mol. The van der Waals surface area contributed by atoms with Gasteiger partial charge < -0.3 is 4.42 Å². The molecule has 0 aromatic carbocycles. The van der Waals surface area contributed by atoms with Gasteiger partial charge in [0.2, 0.25) is 0 Å². The third-order valence-electron chi connectivity index (χ3n) is 2.10. The second kappa shape index (κ2) is 2.67. The van der Waals surface area contributed by atoms with Crippen LogP contribution in [-0.4, -0.2) is 0 Å². The lowest BCUT2D eigenvalue weighted by molar-refractivity contribution is 0.484. The van der Waals surface area contributed by atoms with E-state index in [1.807, 2.05) is 19.1 Å². The van der Waals surface area contributed by atoms with Crippen molar-refractivity contribution in [3.05, 3.63) is 47.5 Å². The molecule has 0 radical (unpaired) electrons. The van der Waals surface area contributed by atoms with Crippen LogP contribution in [0.4, 0.5) is 0 Å². The number of hydrogen-bond donors (Lipinski definition) is 0. The second-order valence-electron chi connectivity index (χ2n) is 3.24. The van der Waals surface area contributed by atoms with Crippen molar-refractivity contribution in [2.45, 2.75) is 19.8 Å². The van der Waals surface area contributed by atoms with Gasteiger partial charge in [-0.15, -0.1) is 0 Å². The molecule has 0 aliphatic heterocycles. The molecule has 12 heavy (non-hydrogen) atoms. The summed E-state index contributed by atoms with van der Waals surface area (Å²) in [7, 11) is 0. The fraction of sp³-hybridized carbons (Fsp3) is 0.273. The highest BCUT2D eigenvalue weighted by Crippen LogP contribution is 2.27. The normalized spacial score (nSPS) is 21.5. The molecule has 1 aliphatic rings. The van der Waals surface area contributed by atoms with Crippen LogP contribution in [0.25, 0.3) is 0 Å². The van der Waals surface area contributed by atoms with E-state index in [0.29, 0.717) is 5.92 Å². The monoisotopic (exact) mass is 160 g/mol. The fourth-order valence-corrected chi connectivity index (χ4v) is 1.46. The predicted molar refractivity (Wildman–Crippen MR) is 49.1 cm³/mol. The quantitative estimate of drug-likeness (QED) is 0.615. The Balaban J connectivity index is 2.28. The van der Waals surface area contributed by atoms with Crippen molar-refractivity contribution in [2.75, 3.05) is 0 Å². The van der Waals surface area contributed by atoms with Crippen LogP contribution < -0.4 is 0 Å². The molecule has 0 spiro atoms. The molecular formula is C11H12O. The molecule has 1 atom stereocenters. The van der Waals surface area contributed by atoms with E-state index in [-0.39, 0.29) is 0 Å². The molecule has 0 N–H and O–H groups in total. The first-order chi connectivity index (χ1) is 5.75. The van der Waals surface area contributed by atoms with Gasteiger partial charge in [0.05, 0.1) is 5.92 Å². The summed E-state index contributed by atoms with van der Waals surface area (Å²) in [5.41, 5.74) is 1.31. The summed E-state index contributed by atoms with van der Waals surface area (Å²) in [5, 5.41) is 0. The predicted octanol–water partition coefficient (Wildman–Crippen LogP) is 3.19. The lowest BCUT2D eigenvalue weighted by Crippen LogP contribution is -1.83. The zero-order valence-corrected chi connectivity index (χ0v) is 7.37. The molecule has 1 unspecified atom stereocenters. The minimum absolute atomic E-state index is 0.360. The Hall–Kier alpha value is -1.24. The number of hydrogen-bond acceptors (Lipinski definition) is 1. The van der Waals surface area contributed by atoms with Gasteiger partial charge >= 0.3 is 0 Å². The van der Waals surface area contributed by atoms with Crippen molar-refractivity contribution < 1.29 is 4.42 Å². The number of furan rings is 1. The number of rotatable bonds is 1. The van der Waals surface area contributed by atoms with Crippen LogP contribution in [0, 0.1) is 6.92 Å². The molecule has 1 aliphatic carbocycles. The van der Waals surface area contributed by atoms with Gasteiger partial charge in [0.15, 0.2) is 0 Å². The Morgan fingerprint density at radius 2 is 2.08 bits per heavy atom. The molecule has 2 rings (SSSR count). The lowest BCUT2D eigenvalue weighted by atomic mass is 10.1. The van der Waals surface area contributed by atoms with E-state index in [2.05, 4.69) is 25.2 Å². The van der Waals surface area contributed by atoms with E-state index in [1.54, 1.807) is 0 Å². The third kappa shape index (κ3) is 1.22. The summed E-state index contributed by atoms with van der Waals surface area (Å²) in [6, 6.07) is 4.05. The Labute approximate surface area is 72.4 Å². The largest absolute Gasteiger partial charge is 0.465 e. The molecule has 0 saturated carbocycles. The van der Waals surface area contributed by atoms with Crippen molar-refractivity contribution in [1.82, 2.24) is 0 Å². The SMILES string of the molecule is CC1=CC(c2ccc(C)o2)C=C1. The first-order valence-electron chi connectivity index (χ1n) is 4.18. The van der Waals surface area contributed by atoms with Gasteiger partial charge in [0.1, 0.15) is 11.5 Å². The van der Waals surface area contributed by atoms with Gasteiger partial charge in [-0.25, -0.2) is 0 Å². The van der Waals surface area contributed by atoms with Crippen molar-refractivity contribution in [3.63, 3.8) is 0 Å². The molecule has 0 fully saturated rings. The zero-order chi connectivity index (χ0) is 8.55. The summed E-state index contributed by atoms with van der Waals surface area (Å²) < 4.78 is 5.52. The number of aryl methyl sites for hydroxylation is 1. The summed E-state index contributed by atoms with van der Waals surface area (Å²) in [6.07, 6.45) is 6.49. The van der Waals surface area contributed by atoms with Crippen LogP contribution in [0.1, 0.15) is 24.4 Å². The van der Waals surface area contributed by atoms with Crippen LogP contribution in [0.5, 0.6) is 0 Å². The van der Waals surface area contributed by atoms with Crippen molar-refractivity contribution in [1.29, 1.82) is 0 Å². The lowest BCUT2D eigenvalue weighted by Gasteiger charge is -1.98. The van der Waals surface area contributed by atoms with E-state index in [9.17, 15) is 0 Å². The standard InChI is InChI=1S/C11H12O/c1-8-3-5-10(7-8)11-6-4-9(2)12-11/h3-7,10H,1-2H3. The van der Waals surface area contributed by atoms with Gasteiger partial charge in [-0.05, 0) is 26.0 Å². The summed E-state index contributed by atoms with van der Waals surface area (Å²) >= 11 is 0. The first-order valence-corrected chi connectivity index (χ1v) is 4.18. The number of allylic oxidation sites excluding steroid dienone is 4. The van der Waals surface area contributed by atoms with Crippen LogP contribution >= 0.6 is 0 Å². The maximum absolute atomic E-state index is 5.52. The van der Waals surface area contributed by atoms with Crippen LogP contribution in [0.3, 0.4) is 0 Å². The van der Waals surface area contributed by atoms with Gasteiger partial charge in [-0.2, -0.15) is 0 Å². The molecule has 1 nitrogen and oxygen atoms in total. The first kappa shape index (κ1) is 7.41. The van der Waals surface area contributed by atoms with E-state index >= 15 is 0 Å². The van der Waals surface area contributed by atoms with Crippen molar-refractivity contribution >= 4 is 0 Å². The Morgan fingerprint density at radius 1 is 1.25 bits per heavy atom. The highest BCUT2D eigenvalue weighted by atomic mass is 16.3. The Kier molecular flexibility index (Phi) is 1.65. The Bertz CT molecular complexity index is 342. The minimum Gasteiger partial charge on any atom is -0.465 e. The van der Waals surface area contributed by atoms with E-state index in [0.717, 1.165) is 11.5 Å².